The number of benzene rings is 1. The molecule has 1 atom stereocenters. The van der Waals surface area contributed by atoms with Crippen molar-refractivity contribution in [2.75, 3.05) is 5.75 Å². The molecule has 1 unspecified atom stereocenters. The van der Waals surface area contributed by atoms with E-state index in [0.717, 1.165) is 34.7 Å². The third-order valence-electron chi connectivity index (χ3n) is 5.44. The average Bonchev–Trinajstić information content (AvgIpc) is 3.13. The smallest absolute Gasteiger partial charge is 0.254 e. The lowest BCUT2D eigenvalue weighted by Gasteiger charge is -2.26. The number of nitrogens with zero attached hydrogens (tertiary/aromatic N) is 3. The first-order valence-corrected chi connectivity index (χ1v) is 10.7. The van der Waals surface area contributed by atoms with Crippen LogP contribution in [0.5, 0.6) is 0 Å². The highest BCUT2D eigenvalue weighted by Crippen LogP contribution is 2.37. The second kappa shape index (κ2) is 8.06. The van der Waals surface area contributed by atoms with Crippen LogP contribution in [0.3, 0.4) is 0 Å². The summed E-state index contributed by atoms with van der Waals surface area (Å²) in [5, 5.41) is 7.25. The Morgan fingerprint density at radius 3 is 2.93 bits per heavy atom. The van der Waals surface area contributed by atoms with Gasteiger partial charge in [0.25, 0.3) is 5.91 Å². The number of halogens is 1. The molecule has 7 nitrogen and oxygen atoms in total. The highest BCUT2D eigenvalue weighted by Gasteiger charge is 2.24. The summed E-state index contributed by atoms with van der Waals surface area (Å²) in [7, 11) is 0. The van der Waals surface area contributed by atoms with Crippen LogP contribution in [0.25, 0.3) is 5.65 Å². The average molecular weight is 428 g/mol. The maximum absolute atomic E-state index is 14.0. The normalized spacial score (nSPS) is 15.8. The monoisotopic (exact) mass is 427 g/mol. The van der Waals surface area contributed by atoms with E-state index in [9.17, 15) is 14.0 Å². The number of nitrogens with one attached hydrogen (secondary N) is 1. The fourth-order valence-electron chi connectivity index (χ4n) is 3.89. The first kappa shape index (κ1) is 20.3. The van der Waals surface area contributed by atoms with Crippen molar-refractivity contribution in [2.24, 2.45) is 5.73 Å². The maximum atomic E-state index is 14.0. The van der Waals surface area contributed by atoms with Crippen LogP contribution in [0.2, 0.25) is 0 Å². The Bertz CT molecular complexity index is 1160. The molecule has 3 aromatic rings. The third kappa shape index (κ3) is 3.65. The minimum Gasteiger partial charge on any atom is -0.365 e. The predicted octanol–water partition coefficient (Wildman–Crippen LogP) is 2.87. The Balaban J connectivity index is 1.49. The minimum atomic E-state index is -0.578. The number of hydrogen-bond donors (Lipinski definition) is 2. The Morgan fingerprint density at radius 1 is 1.37 bits per heavy atom. The van der Waals surface area contributed by atoms with E-state index >= 15 is 0 Å². The van der Waals surface area contributed by atoms with Crippen LogP contribution in [0.15, 0.2) is 29.3 Å². The molecule has 1 aromatic carbocycles. The molecule has 0 saturated carbocycles. The van der Waals surface area contributed by atoms with Crippen LogP contribution < -0.4 is 11.1 Å². The summed E-state index contributed by atoms with van der Waals surface area (Å²) >= 11 is 1.49. The molecule has 0 aliphatic carbocycles. The molecule has 0 bridgehead atoms. The molecule has 30 heavy (non-hydrogen) atoms. The number of carbonyl (C=O) groups excluding carboxylic acids is 2. The Hall–Kier alpha value is -2.94. The first-order chi connectivity index (χ1) is 14.4. The number of aryl methyl sites for hydroxylation is 2. The molecular weight excluding hydrogens is 405 g/mol. The molecule has 0 saturated heterocycles. The van der Waals surface area contributed by atoms with E-state index < -0.39 is 5.91 Å². The zero-order chi connectivity index (χ0) is 21.4. The van der Waals surface area contributed by atoms with E-state index in [1.165, 1.54) is 24.0 Å². The van der Waals surface area contributed by atoms with Gasteiger partial charge in [0.2, 0.25) is 5.91 Å². The van der Waals surface area contributed by atoms with Crippen molar-refractivity contribution in [3.8, 4) is 0 Å². The Morgan fingerprint density at radius 2 is 2.17 bits per heavy atom. The second-order valence-corrected chi connectivity index (χ2v) is 8.44. The number of amides is 2. The highest BCUT2D eigenvalue weighted by molar-refractivity contribution is 7.99. The SMILES string of the molecule is Cc1nc2c(C(N)=O)cnn2c(C)c1CCC(=O)NC1CCSc2c(F)cccc21. The zero-order valence-corrected chi connectivity index (χ0v) is 17.6. The van der Waals surface area contributed by atoms with Crippen molar-refractivity contribution in [3.63, 3.8) is 0 Å². The van der Waals surface area contributed by atoms with Crippen molar-refractivity contribution in [1.29, 1.82) is 0 Å². The van der Waals surface area contributed by atoms with Crippen LogP contribution in [-0.2, 0) is 11.2 Å². The molecule has 0 fully saturated rings. The lowest BCUT2D eigenvalue weighted by atomic mass is 10.0. The number of primary amides is 1. The molecule has 2 aromatic heterocycles. The largest absolute Gasteiger partial charge is 0.365 e. The zero-order valence-electron chi connectivity index (χ0n) is 16.7. The van der Waals surface area contributed by atoms with Crippen molar-refractivity contribution in [1.82, 2.24) is 19.9 Å². The minimum absolute atomic E-state index is 0.0979. The Labute approximate surface area is 177 Å². The fourth-order valence-corrected chi connectivity index (χ4v) is 5.03. The third-order valence-corrected chi connectivity index (χ3v) is 6.60. The van der Waals surface area contributed by atoms with E-state index in [4.69, 9.17) is 5.73 Å². The number of thioether (sulfide) groups is 1. The first-order valence-electron chi connectivity index (χ1n) is 9.71. The molecule has 0 radical (unpaired) electrons. The molecular formula is C21H22FN5O2S. The summed E-state index contributed by atoms with van der Waals surface area (Å²) in [5.41, 5.74) is 9.37. The second-order valence-electron chi connectivity index (χ2n) is 7.33. The van der Waals surface area contributed by atoms with Crippen LogP contribution in [-0.4, -0.2) is 32.2 Å². The topological polar surface area (TPSA) is 102 Å². The number of rotatable bonds is 5. The number of carbonyl (C=O) groups is 2. The van der Waals surface area contributed by atoms with Gasteiger partial charge < -0.3 is 11.1 Å². The standard InChI is InChI=1S/C21H22FN5O2S/c1-11-13(12(2)27-21(25-11)15(10-24-27)20(23)29)6-7-18(28)26-17-8-9-30-19-14(17)4-3-5-16(19)22/h3-5,10,17H,6-9H2,1-2H3,(H2,23,29)(H,26,28). The van der Waals surface area contributed by atoms with Gasteiger partial charge in [-0.3, -0.25) is 9.59 Å². The molecule has 9 heteroatoms. The molecule has 2 amide bonds. The predicted molar refractivity (Wildman–Crippen MR) is 112 cm³/mol. The van der Waals surface area contributed by atoms with Gasteiger partial charge in [0, 0.05) is 28.5 Å². The number of aromatic nitrogens is 3. The van der Waals surface area contributed by atoms with Gasteiger partial charge in [-0.2, -0.15) is 5.10 Å². The van der Waals surface area contributed by atoms with Crippen molar-refractivity contribution in [2.45, 2.75) is 44.0 Å². The van der Waals surface area contributed by atoms with Gasteiger partial charge in [0.15, 0.2) is 5.65 Å². The summed E-state index contributed by atoms with van der Waals surface area (Å²) in [4.78, 5) is 29.3. The Kier molecular flexibility index (Phi) is 5.46. The van der Waals surface area contributed by atoms with Crippen LogP contribution in [0.1, 0.15) is 51.8 Å². The van der Waals surface area contributed by atoms with Crippen molar-refractivity contribution < 1.29 is 14.0 Å². The van der Waals surface area contributed by atoms with Crippen LogP contribution in [0, 0.1) is 19.7 Å². The van der Waals surface area contributed by atoms with Gasteiger partial charge in [0.1, 0.15) is 11.4 Å². The molecule has 0 spiro atoms. The fraction of sp³-hybridized carbons (Fsp3) is 0.333. The van der Waals surface area contributed by atoms with Gasteiger partial charge in [-0.25, -0.2) is 13.9 Å². The molecule has 1 aliphatic heterocycles. The summed E-state index contributed by atoms with van der Waals surface area (Å²) in [6.45, 7) is 3.72. The van der Waals surface area contributed by atoms with Gasteiger partial charge in [-0.1, -0.05) is 12.1 Å². The highest BCUT2D eigenvalue weighted by atomic mass is 32.2. The van der Waals surface area contributed by atoms with E-state index in [1.54, 1.807) is 10.6 Å². The number of nitrogens with two attached hydrogens (primary N) is 1. The lowest BCUT2D eigenvalue weighted by molar-refractivity contribution is -0.121. The molecule has 4 rings (SSSR count). The van der Waals surface area contributed by atoms with Crippen molar-refractivity contribution >= 4 is 29.2 Å². The van der Waals surface area contributed by atoms with Gasteiger partial charge in [-0.05, 0) is 43.9 Å². The maximum Gasteiger partial charge on any atom is 0.254 e. The lowest BCUT2D eigenvalue weighted by Crippen LogP contribution is -2.31. The van der Waals surface area contributed by atoms with Crippen LogP contribution in [0.4, 0.5) is 4.39 Å². The van der Waals surface area contributed by atoms with E-state index in [2.05, 4.69) is 15.4 Å². The van der Waals surface area contributed by atoms with E-state index in [-0.39, 0.29) is 29.8 Å². The van der Waals surface area contributed by atoms with Gasteiger partial charge >= 0.3 is 0 Å². The number of hydrogen-bond acceptors (Lipinski definition) is 5. The molecule has 3 heterocycles. The van der Waals surface area contributed by atoms with Crippen LogP contribution >= 0.6 is 11.8 Å². The summed E-state index contributed by atoms with van der Waals surface area (Å²) in [6.07, 6.45) is 2.93. The quantitative estimate of drug-likeness (QED) is 0.652. The molecule has 156 valence electrons. The molecule has 1 aliphatic rings. The summed E-state index contributed by atoms with van der Waals surface area (Å²) in [6, 6.07) is 4.81. The van der Waals surface area contributed by atoms with Crippen molar-refractivity contribution in [3.05, 3.63) is 58.3 Å². The van der Waals surface area contributed by atoms with E-state index in [0.29, 0.717) is 17.0 Å². The number of fused-ring (bicyclic) bond motifs is 2. The molecule has 3 N–H and O–H groups in total. The summed E-state index contributed by atoms with van der Waals surface area (Å²) in [5.74, 6) is -0.152. The summed E-state index contributed by atoms with van der Waals surface area (Å²) < 4.78 is 15.6. The van der Waals surface area contributed by atoms with Gasteiger partial charge in [-0.15, -0.1) is 11.8 Å². The van der Waals surface area contributed by atoms with E-state index in [1.807, 2.05) is 19.9 Å². The van der Waals surface area contributed by atoms with Gasteiger partial charge in [0.05, 0.1) is 12.2 Å².